The highest BCUT2D eigenvalue weighted by Gasteiger charge is 2.15. The maximum Gasteiger partial charge on any atom is 0.158 e. The summed E-state index contributed by atoms with van der Waals surface area (Å²) in [4.78, 5) is 1.41. The highest BCUT2D eigenvalue weighted by Crippen LogP contribution is 2.19. The minimum absolute atomic E-state index is 0.0410. The first kappa shape index (κ1) is 9.19. The normalized spacial score (nSPS) is 18.2. The Kier molecular flexibility index (Phi) is 2.98. The van der Waals surface area contributed by atoms with Gasteiger partial charge in [0.05, 0.1) is 13.2 Å². The highest BCUT2D eigenvalue weighted by atomic mass is 32.1. The van der Waals surface area contributed by atoms with Crippen LogP contribution in [0.2, 0.25) is 0 Å². The Hall–Kier alpha value is -0.380. The van der Waals surface area contributed by atoms with E-state index in [2.05, 4.69) is 18.4 Å². The maximum atomic E-state index is 5.37. The molecule has 1 aliphatic heterocycles. The van der Waals surface area contributed by atoms with Gasteiger partial charge in [0, 0.05) is 11.3 Å². The van der Waals surface area contributed by atoms with Crippen LogP contribution in [-0.2, 0) is 15.9 Å². The van der Waals surface area contributed by atoms with Crippen molar-refractivity contribution in [2.45, 2.75) is 26.1 Å². The molecule has 13 heavy (non-hydrogen) atoms. The second kappa shape index (κ2) is 4.22. The molecular formula is C10H14O2S. The molecule has 2 heterocycles. The van der Waals surface area contributed by atoms with Crippen LogP contribution in [0, 0.1) is 6.92 Å². The zero-order chi connectivity index (χ0) is 9.10. The smallest absolute Gasteiger partial charge is 0.158 e. The molecule has 1 fully saturated rings. The van der Waals surface area contributed by atoms with Gasteiger partial charge in [0.1, 0.15) is 0 Å². The number of thiophene rings is 1. The lowest BCUT2D eigenvalue weighted by molar-refractivity contribution is -0.0461. The van der Waals surface area contributed by atoms with Crippen LogP contribution in [0.15, 0.2) is 11.4 Å². The first-order valence-corrected chi connectivity index (χ1v) is 5.50. The van der Waals surface area contributed by atoms with Gasteiger partial charge in [0.2, 0.25) is 0 Å². The molecule has 1 aromatic rings. The van der Waals surface area contributed by atoms with E-state index in [9.17, 15) is 0 Å². The summed E-state index contributed by atoms with van der Waals surface area (Å²) < 4.78 is 10.7. The largest absolute Gasteiger partial charge is 0.350 e. The Labute approximate surface area is 82.5 Å². The Morgan fingerprint density at radius 3 is 2.85 bits per heavy atom. The van der Waals surface area contributed by atoms with Crippen LogP contribution in [-0.4, -0.2) is 19.5 Å². The average molecular weight is 198 g/mol. The van der Waals surface area contributed by atoms with Crippen molar-refractivity contribution in [1.29, 1.82) is 0 Å². The molecule has 0 amide bonds. The summed E-state index contributed by atoms with van der Waals surface area (Å²) in [5.41, 5.74) is 1.43. The summed E-state index contributed by atoms with van der Waals surface area (Å²) >= 11 is 1.81. The van der Waals surface area contributed by atoms with E-state index >= 15 is 0 Å². The molecular weight excluding hydrogens is 184 g/mol. The van der Waals surface area contributed by atoms with E-state index < -0.39 is 0 Å². The SMILES string of the molecule is Cc1sccc1CCC1OCCO1. The van der Waals surface area contributed by atoms with Gasteiger partial charge in [0.25, 0.3) is 0 Å². The van der Waals surface area contributed by atoms with E-state index in [1.807, 2.05) is 0 Å². The quantitative estimate of drug-likeness (QED) is 0.742. The fraction of sp³-hybridized carbons (Fsp3) is 0.600. The van der Waals surface area contributed by atoms with Gasteiger partial charge in [-0.25, -0.2) is 0 Å². The second-order valence-corrected chi connectivity index (χ2v) is 4.33. The summed E-state index contributed by atoms with van der Waals surface area (Å²) in [6.45, 7) is 3.68. The number of ether oxygens (including phenoxy) is 2. The van der Waals surface area contributed by atoms with Crippen LogP contribution in [0.4, 0.5) is 0 Å². The van der Waals surface area contributed by atoms with Crippen molar-refractivity contribution in [2.75, 3.05) is 13.2 Å². The molecule has 1 saturated heterocycles. The van der Waals surface area contributed by atoms with Gasteiger partial charge in [0.15, 0.2) is 6.29 Å². The maximum absolute atomic E-state index is 5.37. The zero-order valence-corrected chi connectivity index (χ0v) is 8.60. The molecule has 0 aliphatic carbocycles. The lowest BCUT2D eigenvalue weighted by Crippen LogP contribution is -2.08. The Bertz CT molecular complexity index is 264. The first-order chi connectivity index (χ1) is 6.36. The third-order valence-corrected chi connectivity index (χ3v) is 3.19. The number of rotatable bonds is 3. The Morgan fingerprint density at radius 2 is 2.23 bits per heavy atom. The van der Waals surface area contributed by atoms with Crippen LogP contribution in [0.25, 0.3) is 0 Å². The van der Waals surface area contributed by atoms with Gasteiger partial charge < -0.3 is 9.47 Å². The van der Waals surface area contributed by atoms with E-state index in [0.29, 0.717) is 0 Å². The summed E-state index contributed by atoms with van der Waals surface area (Å²) in [5.74, 6) is 0. The molecule has 0 N–H and O–H groups in total. The summed E-state index contributed by atoms with van der Waals surface area (Å²) in [7, 11) is 0. The van der Waals surface area contributed by atoms with E-state index in [-0.39, 0.29) is 6.29 Å². The molecule has 2 nitrogen and oxygen atoms in total. The average Bonchev–Trinajstić information content (AvgIpc) is 2.72. The Balaban J connectivity index is 1.82. The third-order valence-electron chi connectivity index (χ3n) is 2.31. The van der Waals surface area contributed by atoms with Gasteiger partial charge in [-0.05, 0) is 30.4 Å². The number of aryl methyl sites for hydroxylation is 2. The summed E-state index contributed by atoms with van der Waals surface area (Å²) in [6.07, 6.45) is 2.09. The third kappa shape index (κ3) is 2.30. The molecule has 0 bridgehead atoms. The van der Waals surface area contributed by atoms with Crippen LogP contribution in [0.5, 0.6) is 0 Å². The fourth-order valence-corrected chi connectivity index (χ4v) is 2.28. The van der Waals surface area contributed by atoms with Crippen LogP contribution in [0.3, 0.4) is 0 Å². The highest BCUT2D eigenvalue weighted by molar-refractivity contribution is 7.10. The summed E-state index contributed by atoms with van der Waals surface area (Å²) in [5, 5.41) is 2.14. The van der Waals surface area contributed by atoms with Crippen molar-refractivity contribution in [3.8, 4) is 0 Å². The molecule has 0 radical (unpaired) electrons. The van der Waals surface area contributed by atoms with Crippen molar-refractivity contribution in [2.24, 2.45) is 0 Å². The molecule has 0 spiro atoms. The Morgan fingerprint density at radius 1 is 1.46 bits per heavy atom. The first-order valence-electron chi connectivity index (χ1n) is 4.62. The van der Waals surface area contributed by atoms with Crippen molar-refractivity contribution < 1.29 is 9.47 Å². The van der Waals surface area contributed by atoms with Crippen molar-refractivity contribution >= 4 is 11.3 Å². The standard InChI is InChI=1S/C10H14O2S/c1-8-9(4-7-13-8)2-3-10-11-5-6-12-10/h4,7,10H,2-3,5-6H2,1H3. The van der Waals surface area contributed by atoms with E-state index in [1.54, 1.807) is 11.3 Å². The molecule has 72 valence electrons. The molecule has 0 aromatic carbocycles. The van der Waals surface area contributed by atoms with Crippen molar-refractivity contribution in [3.05, 3.63) is 21.9 Å². The van der Waals surface area contributed by atoms with Crippen LogP contribution in [0.1, 0.15) is 16.9 Å². The summed E-state index contributed by atoms with van der Waals surface area (Å²) in [6, 6.07) is 2.19. The zero-order valence-electron chi connectivity index (χ0n) is 7.79. The van der Waals surface area contributed by atoms with Crippen molar-refractivity contribution in [3.63, 3.8) is 0 Å². The lowest BCUT2D eigenvalue weighted by Gasteiger charge is -2.07. The topological polar surface area (TPSA) is 18.5 Å². The van der Waals surface area contributed by atoms with E-state index in [0.717, 1.165) is 26.1 Å². The van der Waals surface area contributed by atoms with Gasteiger partial charge in [-0.2, -0.15) is 0 Å². The van der Waals surface area contributed by atoms with E-state index in [4.69, 9.17) is 9.47 Å². The molecule has 3 heteroatoms. The molecule has 1 aromatic heterocycles. The van der Waals surface area contributed by atoms with Crippen molar-refractivity contribution in [1.82, 2.24) is 0 Å². The van der Waals surface area contributed by atoms with E-state index in [1.165, 1.54) is 10.4 Å². The number of hydrogen-bond donors (Lipinski definition) is 0. The monoisotopic (exact) mass is 198 g/mol. The minimum atomic E-state index is 0.0410. The minimum Gasteiger partial charge on any atom is -0.350 e. The number of hydrogen-bond acceptors (Lipinski definition) is 3. The molecule has 2 rings (SSSR count). The fourth-order valence-electron chi connectivity index (χ4n) is 1.52. The predicted octanol–water partition coefficient (Wildman–Crippen LogP) is 2.36. The molecule has 0 atom stereocenters. The van der Waals surface area contributed by atoms with Crippen LogP contribution < -0.4 is 0 Å². The van der Waals surface area contributed by atoms with Gasteiger partial charge in [-0.1, -0.05) is 0 Å². The molecule has 0 unspecified atom stereocenters. The molecule has 1 aliphatic rings. The predicted molar refractivity (Wildman–Crippen MR) is 53.1 cm³/mol. The van der Waals surface area contributed by atoms with Gasteiger partial charge in [-0.3, -0.25) is 0 Å². The van der Waals surface area contributed by atoms with Gasteiger partial charge in [-0.15, -0.1) is 11.3 Å². The molecule has 0 saturated carbocycles. The second-order valence-electron chi connectivity index (χ2n) is 3.21. The lowest BCUT2D eigenvalue weighted by atomic mass is 10.1. The van der Waals surface area contributed by atoms with Crippen LogP contribution >= 0.6 is 11.3 Å². The van der Waals surface area contributed by atoms with Gasteiger partial charge >= 0.3 is 0 Å².